The van der Waals surface area contributed by atoms with Gasteiger partial charge in [0.1, 0.15) is 5.75 Å². The predicted octanol–water partition coefficient (Wildman–Crippen LogP) is 2.71. The number of hydrogen-bond acceptors (Lipinski definition) is 4. The van der Waals surface area contributed by atoms with Crippen LogP contribution in [0, 0.1) is 11.3 Å². The average Bonchev–Trinajstić information content (AvgIpc) is 2.53. The van der Waals surface area contributed by atoms with Gasteiger partial charge in [-0.3, -0.25) is 0 Å². The molecule has 0 radical (unpaired) electrons. The van der Waals surface area contributed by atoms with E-state index in [2.05, 4.69) is 11.4 Å². The van der Waals surface area contributed by atoms with Crippen molar-refractivity contribution in [2.45, 2.75) is 6.10 Å². The van der Waals surface area contributed by atoms with Crippen LogP contribution in [-0.4, -0.2) is 18.8 Å². The van der Waals surface area contributed by atoms with Crippen LogP contribution in [0.5, 0.6) is 5.75 Å². The molecule has 0 spiro atoms. The van der Waals surface area contributed by atoms with Crippen molar-refractivity contribution in [3.05, 3.63) is 59.7 Å². The maximum Gasteiger partial charge on any atom is 0.119 e. The molecule has 0 aliphatic carbocycles. The van der Waals surface area contributed by atoms with E-state index in [-0.39, 0.29) is 0 Å². The Kier molecular flexibility index (Phi) is 4.59. The van der Waals surface area contributed by atoms with Gasteiger partial charge in [-0.05, 0) is 42.0 Å². The normalized spacial score (nSPS) is 11.4. The topological polar surface area (TPSA) is 65.3 Å². The highest BCUT2D eigenvalue weighted by Crippen LogP contribution is 2.19. The molecule has 0 saturated heterocycles. The van der Waals surface area contributed by atoms with E-state index in [9.17, 15) is 5.11 Å². The molecule has 0 aromatic heterocycles. The summed E-state index contributed by atoms with van der Waals surface area (Å²) in [4.78, 5) is 0. The van der Waals surface area contributed by atoms with Gasteiger partial charge in [-0.2, -0.15) is 5.26 Å². The highest BCUT2D eigenvalue weighted by Gasteiger charge is 2.08. The van der Waals surface area contributed by atoms with E-state index in [1.54, 1.807) is 19.2 Å². The van der Waals surface area contributed by atoms with Gasteiger partial charge in [0.2, 0.25) is 0 Å². The molecule has 20 heavy (non-hydrogen) atoms. The number of hydrogen-bond donors (Lipinski definition) is 2. The largest absolute Gasteiger partial charge is 0.497 e. The monoisotopic (exact) mass is 268 g/mol. The van der Waals surface area contributed by atoms with Crippen molar-refractivity contribution >= 4 is 5.69 Å². The molecule has 0 saturated carbocycles. The molecule has 2 aromatic rings. The summed E-state index contributed by atoms with van der Waals surface area (Å²) in [5, 5.41) is 22.0. The first-order chi connectivity index (χ1) is 9.72. The third-order valence-corrected chi connectivity index (χ3v) is 2.99. The zero-order valence-corrected chi connectivity index (χ0v) is 11.2. The standard InChI is InChI=1S/C16H16N2O2/c1-20-15-4-2-3-13(9-15)16(19)11-18-14-7-5-12(10-17)6-8-14/h2-9,16,18-19H,11H2,1H3. The average molecular weight is 268 g/mol. The zero-order valence-electron chi connectivity index (χ0n) is 11.2. The van der Waals surface area contributed by atoms with Crippen molar-refractivity contribution in [1.29, 1.82) is 5.26 Å². The van der Waals surface area contributed by atoms with Crippen LogP contribution in [-0.2, 0) is 0 Å². The van der Waals surface area contributed by atoms with Crippen LogP contribution < -0.4 is 10.1 Å². The Morgan fingerprint density at radius 2 is 2.00 bits per heavy atom. The number of aliphatic hydroxyl groups excluding tert-OH is 1. The maximum absolute atomic E-state index is 10.1. The number of rotatable bonds is 5. The molecule has 2 aromatic carbocycles. The number of methoxy groups -OCH3 is 1. The quantitative estimate of drug-likeness (QED) is 0.875. The molecule has 2 rings (SSSR count). The summed E-state index contributed by atoms with van der Waals surface area (Å²) in [6.45, 7) is 0.388. The van der Waals surface area contributed by atoms with Crippen molar-refractivity contribution in [3.63, 3.8) is 0 Å². The molecule has 0 fully saturated rings. The molecular weight excluding hydrogens is 252 g/mol. The van der Waals surface area contributed by atoms with Gasteiger partial charge in [-0.25, -0.2) is 0 Å². The van der Waals surface area contributed by atoms with Crippen molar-refractivity contribution in [1.82, 2.24) is 0 Å². The number of nitrogens with one attached hydrogen (secondary N) is 1. The van der Waals surface area contributed by atoms with Crippen LogP contribution in [0.1, 0.15) is 17.2 Å². The van der Waals surface area contributed by atoms with E-state index < -0.39 is 6.10 Å². The lowest BCUT2D eigenvalue weighted by atomic mass is 10.1. The number of ether oxygens (including phenoxy) is 1. The second kappa shape index (κ2) is 6.60. The van der Waals surface area contributed by atoms with Crippen LogP contribution >= 0.6 is 0 Å². The van der Waals surface area contributed by atoms with Crippen molar-refractivity contribution in [2.24, 2.45) is 0 Å². The van der Waals surface area contributed by atoms with Crippen LogP contribution in [0.25, 0.3) is 0 Å². The lowest BCUT2D eigenvalue weighted by Crippen LogP contribution is -2.12. The number of benzene rings is 2. The summed E-state index contributed by atoms with van der Waals surface area (Å²) >= 11 is 0. The molecule has 0 amide bonds. The van der Waals surface area contributed by atoms with Gasteiger partial charge in [0.05, 0.1) is 24.8 Å². The Morgan fingerprint density at radius 1 is 1.25 bits per heavy atom. The number of anilines is 1. The van der Waals surface area contributed by atoms with Crippen LogP contribution in [0.3, 0.4) is 0 Å². The number of nitrogens with zero attached hydrogens (tertiary/aromatic N) is 1. The lowest BCUT2D eigenvalue weighted by Gasteiger charge is -2.14. The SMILES string of the molecule is COc1cccc(C(O)CNc2ccc(C#N)cc2)c1. The third kappa shape index (κ3) is 3.50. The molecule has 0 bridgehead atoms. The third-order valence-electron chi connectivity index (χ3n) is 2.99. The van der Waals surface area contributed by atoms with Gasteiger partial charge in [-0.1, -0.05) is 12.1 Å². The Morgan fingerprint density at radius 3 is 2.65 bits per heavy atom. The molecule has 4 nitrogen and oxygen atoms in total. The van der Waals surface area contributed by atoms with Gasteiger partial charge < -0.3 is 15.2 Å². The first-order valence-corrected chi connectivity index (χ1v) is 6.29. The minimum atomic E-state index is -0.624. The van der Waals surface area contributed by atoms with E-state index in [1.807, 2.05) is 36.4 Å². The zero-order chi connectivity index (χ0) is 14.4. The summed E-state index contributed by atoms with van der Waals surface area (Å²) < 4.78 is 5.13. The molecular formula is C16H16N2O2. The van der Waals surface area contributed by atoms with E-state index in [0.717, 1.165) is 17.0 Å². The van der Waals surface area contributed by atoms with Crippen molar-refractivity contribution in [2.75, 3.05) is 19.0 Å². The fourth-order valence-electron chi connectivity index (χ4n) is 1.84. The highest BCUT2D eigenvalue weighted by molar-refractivity contribution is 5.47. The molecule has 0 aliphatic rings. The van der Waals surface area contributed by atoms with Crippen molar-refractivity contribution < 1.29 is 9.84 Å². The number of nitriles is 1. The molecule has 1 atom stereocenters. The minimum Gasteiger partial charge on any atom is -0.497 e. The molecule has 4 heteroatoms. The molecule has 0 heterocycles. The van der Waals surface area contributed by atoms with Gasteiger partial charge >= 0.3 is 0 Å². The molecule has 1 unspecified atom stereocenters. The lowest BCUT2D eigenvalue weighted by molar-refractivity contribution is 0.191. The van der Waals surface area contributed by atoms with Gasteiger partial charge in [0, 0.05) is 12.2 Å². The van der Waals surface area contributed by atoms with E-state index in [1.165, 1.54) is 0 Å². The van der Waals surface area contributed by atoms with E-state index in [0.29, 0.717) is 12.1 Å². The van der Waals surface area contributed by atoms with Crippen molar-refractivity contribution in [3.8, 4) is 11.8 Å². The second-order valence-electron chi connectivity index (χ2n) is 4.36. The Labute approximate surface area is 118 Å². The second-order valence-corrected chi connectivity index (χ2v) is 4.36. The van der Waals surface area contributed by atoms with Gasteiger partial charge in [0.25, 0.3) is 0 Å². The summed E-state index contributed by atoms with van der Waals surface area (Å²) in [7, 11) is 1.60. The molecule has 2 N–H and O–H groups in total. The Bertz CT molecular complexity index is 603. The van der Waals surface area contributed by atoms with Crippen LogP contribution in [0.2, 0.25) is 0 Å². The highest BCUT2D eigenvalue weighted by atomic mass is 16.5. The fourth-order valence-corrected chi connectivity index (χ4v) is 1.84. The maximum atomic E-state index is 10.1. The molecule has 102 valence electrons. The van der Waals surface area contributed by atoms with E-state index >= 15 is 0 Å². The summed E-state index contributed by atoms with van der Waals surface area (Å²) in [5.41, 5.74) is 2.28. The van der Waals surface area contributed by atoms with Crippen LogP contribution in [0.15, 0.2) is 48.5 Å². The molecule has 0 aliphatic heterocycles. The summed E-state index contributed by atoms with van der Waals surface area (Å²) in [6.07, 6.45) is -0.624. The predicted molar refractivity (Wildman–Crippen MR) is 77.6 cm³/mol. The smallest absolute Gasteiger partial charge is 0.119 e. The summed E-state index contributed by atoms with van der Waals surface area (Å²) in [6, 6.07) is 16.5. The Balaban J connectivity index is 1.97. The van der Waals surface area contributed by atoms with Crippen LogP contribution in [0.4, 0.5) is 5.69 Å². The fraction of sp³-hybridized carbons (Fsp3) is 0.188. The first-order valence-electron chi connectivity index (χ1n) is 6.29. The van der Waals surface area contributed by atoms with E-state index in [4.69, 9.17) is 10.00 Å². The summed E-state index contributed by atoms with van der Waals surface area (Å²) in [5.74, 6) is 0.722. The Hall–Kier alpha value is -2.51. The number of aliphatic hydroxyl groups is 1. The van der Waals surface area contributed by atoms with Gasteiger partial charge in [-0.15, -0.1) is 0 Å². The van der Waals surface area contributed by atoms with Gasteiger partial charge in [0.15, 0.2) is 0 Å². The first kappa shape index (κ1) is 13.9. The minimum absolute atomic E-state index is 0.388.